The summed E-state index contributed by atoms with van der Waals surface area (Å²) in [5.74, 6) is -1.06. The van der Waals surface area contributed by atoms with Crippen molar-refractivity contribution in [1.82, 2.24) is 9.80 Å². The highest BCUT2D eigenvalue weighted by Gasteiger charge is 2.39. The molecule has 92 valence electrons. The molecule has 6 nitrogen and oxygen atoms in total. The van der Waals surface area contributed by atoms with E-state index in [1.165, 1.54) is 9.80 Å². The minimum atomic E-state index is -1.06. The molecule has 2 unspecified atom stereocenters. The van der Waals surface area contributed by atoms with Crippen molar-refractivity contribution in [3.05, 3.63) is 0 Å². The smallest absolute Gasteiger partial charge is 0.326 e. The Kier molecular flexibility index (Phi) is 4.12. The number of likely N-dealkylation sites (tertiary alicyclic amines) is 1. The third kappa shape index (κ3) is 2.63. The van der Waals surface area contributed by atoms with E-state index in [0.29, 0.717) is 6.54 Å². The Balaban J connectivity index is 2.70. The van der Waals surface area contributed by atoms with Crippen LogP contribution in [-0.4, -0.2) is 64.3 Å². The van der Waals surface area contributed by atoms with E-state index in [1.54, 1.807) is 7.05 Å². The van der Waals surface area contributed by atoms with Gasteiger partial charge in [-0.15, -0.1) is 0 Å². The first-order valence-corrected chi connectivity index (χ1v) is 5.40. The van der Waals surface area contributed by atoms with Crippen LogP contribution in [0.4, 0.5) is 4.79 Å². The van der Waals surface area contributed by atoms with Crippen LogP contribution < -0.4 is 0 Å². The lowest BCUT2D eigenvalue weighted by Crippen LogP contribution is -2.47. The maximum absolute atomic E-state index is 11.9. The van der Waals surface area contributed by atoms with Crippen LogP contribution in [0, 0.1) is 0 Å². The molecular weight excluding hydrogens is 212 g/mol. The van der Waals surface area contributed by atoms with Gasteiger partial charge in [0.2, 0.25) is 0 Å². The Bertz CT molecular complexity index is 282. The number of hydrogen-bond donors (Lipinski definition) is 2. The van der Waals surface area contributed by atoms with E-state index in [-0.39, 0.29) is 19.0 Å². The van der Waals surface area contributed by atoms with E-state index in [1.807, 2.05) is 6.92 Å². The molecule has 0 spiro atoms. The van der Waals surface area contributed by atoms with Crippen LogP contribution in [0.1, 0.15) is 19.8 Å². The Morgan fingerprint density at radius 3 is 2.62 bits per heavy atom. The summed E-state index contributed by atoms with van der Waals surface area (Å²) in [6, 6.07) is -1.23. The molecule has 0 aromatic heterocycles. The van der Waals surface area contributed by atoms with Gasteiger partial charge < -0.3 is 20.0 Å². The number of carboxylic acids is 1. The molecule has 2 N–H and O–H groups in total. The standard InChI is InChI=1S/C10H18N2O4/c1-3-4-11(2)10(16)12-6-7(13)5-8(12)9(14)15/h7-8,13H,3-6H2,1-2H3,(H,14,15). The van der Waals surface area contributed by atoms with Crippen LogP contribution in [0.5, 0.6) is 0 Å². The largest absolute Gasteiger partial charge is 0.480 e. The molecule has 0 aromatic rings. The number of aliphatic carboxylic acids is 1. The molecule has 1 aliphatic heterocycles. The fourth-order valence-electron chi connectivity index (χ4n) is 1.91. The molecule has 0 radical (unpaired) electrons. The predicted molar refractivity (Wildman–Crippen MR) is 57.1 cm³/mol. The normalized spacial score (nSPS) is 24.6. The summed E-state index contributed by atoms with van der Waals surface area (Å²) in [7, 11) is 1.63. The van der Waals surface area contributed by atoms with Gasteiger partial charge in [-0.1, -0.05) is 6.92 Å². The highest BCUT2D eigenvalue weighted by Crippen LogP contribution is 2.19. The topological polar surface area (TPSA) is 81.1 Å². The zero-order valence-electron chi connectivity index (χ0n) is 9.59. The van der Waals surface area contributed by atoms with Gasteiger partial charge in [-0.05, 0) is 6.42 Å². The number of carboxylic acid groups (broad SMARTS) is 1. The van der Waals surface area contributed by atoms with Gasteiger partial charge in [0, 0.05) is 26.6 Å². The molecule has 0 bridgehead atoms. The fourth-order valence-corrected chi connectivity index (χ4v) is 1.91. The van der Waals surface area contributed by atoms with E-state index in [2.05, 4.69) is 0 Å². The van der Waals surface area contributed by atoms with Crippen molar-refractivity contribution < 1.29 is 19.8 Å². The van der Waals surface area contributed by atoms with Crippen molar-refractivity contribution in [3.8, 4) is 0 Å². The number of carbonyl (C=O) groups excluding carboxylic acids is 1. The van der Waals surface area contributed by atoms with E-state index in [9.17, 15) is 14.7 Å². The van der Waals surface area contributed by atoms with Crippen molar-refractivity contribution in [3.63, 3.8) is 0 Å². The number of amides is 2. The van der Waals surface area contributed by atoms with E-state index < -0.39 is 18.1 Å². The summed E-state index contributed by atoms with van der Waals surface area (Å²) >= 11 is 0. The van der Waals surface area contributed by atoms with Gasteiger partial charge in [-0.2, -0.15) is 0 Å². The lowest BCUT2D eigenvalue weighted by atomic mass is 10.2. The summed E-state index contributed by atoms with van der Waals surface area (Å²) in [4.78, 5) is 25.5. The first-order chi connectivity index (χ1) is 7.47. The summed E-state index contributed by atoms with van der Waals surface area (Å²) in [6.45, 7) is 2.62. The Hall–Kier alpha value is -1.30. The molecule has 16 heavy (non-hydrogen) atoms. The highest BCUT2D eigenvalue weighted by molar-refractivity contribution is 5.83. The van der Waals surface area contributed by atoms with Gasteiger partial charge in [-0.25, -0.2) is 9.59 Å². The second kappa shape index (κ2) is 5.16. The Morgan fingerprint density at radius 2 is 2.12 bits per heavy atom. The van der Waals surface area contributed by atoms with Gasteiger partial charge >= 0.3 is 12.0 Å². The lowest BCUT2D eigenvalue weighted by Gasteiger charge is -2.27. The lowest BCUT2D eigenvalue weighted by molar-refractivity contribution is -0.141. The van der Waals surface area contributed by atoms with Gasteiger partial charge in [0.1, 0.15) is 6.04 Å². The number of nitrogens with zero attached hydrogens (tertiary/aromatic N) is 2. The van der Waals surface area contributed by atoms with E-state index in [0.717, 1.165) is 6.42 Å². The summed E-state index contributed by atoms with van der Waals surface area (Å²) < 4.78 is 0. The third-order valence-corrected chi connectivity index (χ3v) is 2.70. The van der Waals surface area contributed by atoms with Crippen LogP contribution in [-0.2, 0) is 4.79 Å². The highest BCUT2D eigenvalue weighted by atomic mass is 16.4. The van der Waals surface area contributed by atoms with Crippen molar-refractivity contribution >= 4 is 12.0 Å². The molecule has 1 fully saturated rings. The number of β-amino-alcohol motifs (C(OH)–C–C–N with tert-alkyl or cyclic N) is 1. The summed E-state index contributed by atoms with van der Waals surface area (Å²) in [6.07, 6.45) is 0.192. The molecule has 6 heteroatoms. The van der Waals surface area contributed by atoms with E-state index in [4.69, 9.17) is 5.11 Å². The molecule has 1 saturated heterocycles. The minimum Gasteiger partial charge on any atom is -0.480 e. The van der Waals surface area contributed by atoms with Crippen molar-refractivity contribution in [2.75, 3.05) is 20.1 Å². The minimum absolute atomic E-state index is 0.101. The number of aliphatic hydroxyl groups is 1. The third-order valence-electron chi connectivity index (χ3n) is 2.70. The van der Waals surface area contributed by atoms with E-state index >= 15 is 0 Å². The van der Waals surface area contributed by atoms with Gasteiger partial charge in [0.05, 0.1) is 6.10 Å². The summed E-state index contributed by atoms with van der Waals surface area (Å²) in [5, 5.41) is 18.3. The van der Waals surface area contributed by atoms with Crippen molar-refractivity contribution in [2.24, 2.45) is 0 Å². The quantitative estimate of drug-likeness (QED) is 0.713. The predicted octanol–water partition coefficient (Wildman–Crippen LogP) is -0.0320. The van der Waals surface area contributed by atoms with Crippen LogP contribution in [0.25, 0.3) is 0 Å². The average Bonchev–Trinajstić information content (AvgIpc) is 2.59. The molecule has 1 heterocycles. The molecule has 1 aliphatic rings. The number of rotatable bonds is 3. The number of urea groups is 1. The Labute approximate surface area is 94.4 Å². The average molecular weight is 230 g/mol. The molecule has 2 atom stereocenters. The molecule has 1 rings (SSSR count). The van der Waals surface area contributed by atoms with Crippen LogP contribution in [0.15, 0.2) is 0 Å². The van der Waals surface area contributed by atoms with Crippen LogP contribution in [0.3, 0.4) is 0 Å². The summed E-state index contributed by atoms with van der Waals surface area (Å²) in [5.41, 5.74) is 0. The van der Waals surface area contributed by atoms with Gasteiger partial charge in [0.15, 0.2) is 0 Å². The first-order valence-electron chi connectivity index (χ1n) is 5.40. The second-order valence-electron chi connectivity index (χ2n) is 4.10. The maximum Gasteiger partial charge on any atom is 0.326 e. The fraction of sp³-hybridized carbons (Fsp3) is 0.800. The SMILES string of the molecule is CCCN(C)C(=O)N1CC(O)CC1C(=O)O. The molecule has 0 aliphatic carbocycles. The second-order valence-corrected chi connectivity index (χ2v) is 4.10. The zero-order chi connectivity index (χ0) is 12.3. The maximum atomic E-state index is 11.9. The van der Waals surface area contributed by atoms with Crippen LogP contribution in [0.2, 0.25) is 0 Å². The van der Waals surface area contributed by atoms with Gasteiger partial charge in [0.25, 0.3) is 0 Å². The zero-order valence-corrected chi connectivity index (χ0v) is 9.59. The number of aliphatic hydroxyl groups excluding tert-OH is 1. The number of hydrogen-bond acceptors (Lipinski definition) is 3. The first kappa shape index (κ1) is 12.8. The monoisotopic (exact) mass is 230 g/mol. The van der Waals surface area contributed by atoms with Crippen molar-refractivity contribution in [2.45, 2.75) is 31.9 Å². The van der Waals surface area contributed by atoms with Crippen molar-refractivity contribution in [1.29, 1.82) is 0 Å². The van der Waals surface area contributed by atoms with Crippen LogP contribution >= 0.6 is 0 Å². The molecule has 0 aromatic carbocycles. The molecule has 0 saturated carbocycles. The molecular formula is C10H18N2O4. The Morgan fingerprint density at radius 1 is 1.50 bits per heavy atom. The molecule has 2 amide bonds. The van der Waals surface area contributed by atoms with Gasteiger partial charge in [-0.3, -0.25) is 0 Å². The number of carbonyl (C=O) groups is 2.